The Hall–Kier alpha value is -0.410. The van der Waals surface area contributed by atoms with E-state index >= 15 is 0 Å². The maximum absolute atomic E-state index is 4.92. The summed E-state index contributed by atoms with van der Waals surface area (Å²) in [6, 6.07) is 0. The zero-order valence-electron chi connectivity index (χ0n) is 12.2. The smallest absolute Gasteiger partial charge is 0.0962 e. The molecule has 0 unspecified atom stereocenters. The van der Waals surface area contributed by atoms with Gasteiger partial charge in [-0.25, -0.2) is 4.98 Å². The molecule has 0 aliphatic heterocycles. The first-order chi connectivity index (χ1) is 8.52. The van der Waals surface area contributed by atoms with E-state index in [0.29, 0.717) is 0 Å². The summed E-state index contributed by atoms with van der Waals surface area (Å²) in [4.78, 5) is 6.38. The highest BCUT2D eigenvalue weighted by molar-refractivity contribution is 7.11. The molecule has 102 valence electrons. The first-order valence-electron chi connectivity index (χ1n) is 7.23. The van der Waals surface area contributed by atoms with Gasteiger partial charge in [-0.2, -0.15) is 0 Å². The Kier molecular flexibility index (Phi) is 4.44. The van der Waals surface area contributed by atoms with Crippen molar-refractivity contribution in [3.05, 3.63) is 15.6 Å². The van der Waals surface area contributed by atoms with Crippen molar-refractivity contribution >= 4 is 11.3 Å². The molecule has 0 bridgehead atoms. The lowest BCUT2D eigenvalue weighted by atomic mass is 9.91. The maximum atomic E-state index is 4.92. The number of rotatable bonds is 6. The molecule has 0 spiro atoms. The summed E-state index contributed by atoms with van der Waals surface area (Å²) >= 11 is 1.94. The van der Waals surface area contributed by atoms with E-state index in [-0.39, 0.29) is 5.41 Å². The van der Waals surface area contributed by atoms with Gasteiger partial charge in [0.25, 0.3) is 0 Å². The lowest BCUT2D eigenvalue weighted by Gasteiger charge is -2.17. The van der Waals surface area contributed by atoms with Crippen LogP contribution in [0.2, 0.25) is 0 Å². The van der Waals surface area contributed by atoms with Crippen molar-refractivity contribution < 1.29 is 0 Å². The molecular formula is C15H26N2S. The van der Waals surface area contributed by atoms with Gasteiger partial charge in [-0.05, 0) is 25.8 Å². The Morgan fingerprint density at radius 3 is 2.61 bits per heavy atom. The first kappa shape index (κ1) is 14.0. The SMILES string of the molecule is CCCCNCc1sc(C2CC2)nc1C(C)(C)C. The summed E-state index contributed by atoms with van der Waals surface area (Å²) in [5, 5.41) is 4.94. The Morgan fingerprint density at radius 1 is 1.33 bits per heavy atom. The predicted molar refractivity (Wildman–Crippen MR) is 79.4 cm³/mol. The molecule has 1 aromatic heterocycles. The fourth-order valence-electron chi connectivity index (χ4n) is 2.08. The molecule has 1 heterocycles. The Bertz CT molecular complexity index is 386. The minimum Gasteiger partial charge on any atom is -0.312 e. The van der Waals surface area contributed by atoms with Gasteiger partial charge >= 0.3 is 0 Å². The second kappa shape index (κ2) is 5.70. The van der Waals surface area contributed by atoms with Gasteiger partial charge < -0.3 is 5.32 Å². The fourth-order valence-corrected chi connectivity index (χ4v) is 3.50. The quantitative estimate of drug-likeness (QED) is 0.780. The highest BCUT2D eigenvalue weighted by atomic mass is 32.1. The standard InChI is InChI=1S/C15H26N2S/c1-5-6-9-16-10-12-13(15(2,3)4)17-14(18-12)11-7-8-11/h11,16H,5-10H2,1-4H3. The van der Waals surface area contributed by atoms with Crippen molar-refractivity contribution in [2.75, 3.05) is 6.54 Å². The average Bonchev–Trinajstić information content (AvgIpc) is 3.04. The fraction of sp³-hybridized carbons (Fsp3) is 0.800. The third kappa shape index (κ3) is 3.55. The molecule has 1 saturated carbocycles. The van der Waals surface area contributed by atoms with E-state index in [1.165, 1.54) is 41.3 Å². The first-order valence-corrected chi connectivity index (χ1v) is 8.04. The van der Waals surface area contributed by atoms with E-state index in [9.17, 15) is 0 Å². The molecule has 1 fully saturated rings. The topological polar surface area (TPSA) is 24.9 Å². The van der Waals surface area contributed by atoms with E-state index in [0.717, 1.165) is 19.0 Å². The van der Waals surface area contributed by atoms with Crippen molar-refractivity contribution in [1.82, 2.24) is 10.3 Å². The molecule has 3 heteroatoms. The van der Waals surface area contributed by atoms with Crippen molar-refractivity contribution in [3.8, 4) is 0 Å². The minimum absolute atomic E-state index is 0.172. The summed E-state index contributed by atoms with van der Waals surface area (Å²) in [5.41, 5.74) is 1.49. The zero-order valence-corrected chi connectivity index (χ0v) is 13.0. The van der Waals surface area contributed by atoms with Gasteiger partial charge in [-0.1, -0.05) is 34.1 Å². The molecule has 0 radical (unpaired) electrons. The van der Waals surface area contributed by atoms with Gasteiger partial charge in [0.05, 0.1) is 10.7 Å². The van der Waals surface area contributed by atoms with Crippen LogP contribution in [0, 0.1) is 0 Å². The molecule has 1 aliphatic carbocycles. The molecule has 18 heavy (non-hydrogen) atoms. The Labute approximate surface area is 115 Å². The molecule has 0 amide bonds. The van der Waals surface area contributed by atoms with E-state index in [1.807, 2.05) is 11.3 Å². The lowest BCUT2D eigenvalue weighted by molar-refractivity contribution is 0.555. The third-order valence-electron chi connectivity index (χ3n) is 3.34. The summed E-state index contributed by atoms with van der Waals surface area (Å²) in [7, 11) is 0. The number of nitrogens with zero attached hydrogens (tertiary/aromatic N) is 1. The van der Waals surface area contributed by atoms with Crippen LogP contribution in [0.5, 0.6) is 0 Å². The number of aromatic nitrogens is 1. The normalized spacial score (nSPS) is 16.2. The molecule has 2 rings (SSSR count). The Morgan fingerprint density at radius 2 is 2.06 bits per heavy atom. The van der Waals surface area contributed by atoms with Crippen LogP contribution in [0.1, 0.15) is 74.9 Å². The largest absolute Gasteiger partial charge is 0.312 e. The molecule has 0 saturated heterocycles. The zero-order chi connectivity index (χ0) is 13.2. The van der Waals surface area contributed by atoms with E-state index in [1.54, 1.807) is 0 Å². The highest BCUT2D eigenvalue weighted by Gasteiger charge is 2.30. The molecule has 2 nitrogen and oxygen atoms in total. The summed E-state index contributed by atoms with van der Waals surface area (Å²) in [6.07, 6.45) is 5.22. The van der Waals surface area contributed by atoms with Crippen molar-refractivity contribution in [3.63, 3.8) is 0 Å². The number of unbranched alkanes of at least 4 members (excludes halogenated alkanes) is 1. The minimum atomic E-state index is 0.172. The van der Waals surface area contributed by atoms with Crippen LogP contribution in [-0.2, 0) is 12.0 Å². The number of hydrogen-bond acceptors (Lipinski definition) is 3. The van der Waals surface area contributed by atoms with Gasteiger partial charge in [0.1, 0.15) is 0 Å². The molecule has 0 aromatic carbocycles. The van der Waals surface area contributed by atoms with Gasteiger partial charge in [-0.15, -0.1) is 11.3 Å². The third-order valence-corrected chi connectivity index (χ3v) is 4.56. The van der Waals surface area contributed by atoms with Crippen molar-refractivity contribution in [1.29, 1.82) is 0 Å². The van der Waals surface area contributed by atoms with Crippen LogP contribution >= 0.6 is 11.3 Å². The number of hydrogen-bond donors (Lipinski definition) is 1. The number of thiazole rings is 1. The van der Waals surface area contributed by atoms with Crippen LogP contribution < -0.4 is 5.32 Å². The van der Waals surface area contributed by atoms with Crippen molar-refractivity contribution in [2.45, 2.75) is 71.3 Å². The van der Waals surface area contributed by atoms with Gasteiger partial charge in [-0.3, -0.25) is 0 Å². The van der Waals surface area contributed by atoms with Crippen LogP contribution in [0.4, 0.5) is 0 Å². The molecular weight excluding hydrogens is 240 g/mol. The number of nitrogens with one attached hydrogen (secondary N) is 1. The summed E-state index contributed by atoms with van der Waals surface area (Å²) < 4.78 is 0. The molecule has 0 atom stereocenters. The summed E-state index contributed by atoms with van der Waals surface area (Å²) in [6.45, 7) is 11.2. The highest BCUT2D eigenvalue weighted by Crippen LogP contribution is 2.44. The van der Waals surface area contributed by atoms with Crippen LogP contribution in [0.25, 0.3) is 0 Å². The Balaban J connectivity index is 2.06. The monoisotopic (exact) mass is 266 g/mol. The maximum Gasteiger partial charge on any atom is 0.0962 e. The van der Waals surface area contributed by atoms with E-state index in [4.69, 9.17) is 4.98 Å². The lowest BCUT2D eigenvalue weighted by Crippen LogP contribution is -2.19. The molecule has 1 aromatic rings. The van der Waals surface area contributed by atoms with E-state index in [2.05, 4.69) is 33.0 Å². The molecule has 1 aliphatic rings. The van der Waals surface area contributed by atoms with Crippen LogP contribution in [0.15, 0.2) is 0 Å². The summed E-state index contributed by atoms with van der Waals surface area (Å²) in [5.74, 6) is 0.778. The second-order valence-electron chi connectivity index (χ2n) is 6.38. The van der Waals surface area contributed by atoms with Crippen LogP contribution in [0.3, 0.4) is 0 Å². The van der Waals surface area contributed by atoms with E-state index < -0.39 is 0 Å². The molecule has 1 N–H and O–H groups in total. The van der Waals surface area contributed by atoms with Crippen LogP contribution in [-0.4, -0.2) is 11.5 Å². The average molecular weight is 266 g/mol. The van der Waals surface area contributed by atoms with Gasteiger partial charge in [0.2, 0.25) is 0 Å². The second-order valence-corrected chi connectivity index (χ2v) is 7.49. The predicted octanol–water partition coefficient (Wildman–Crippen LogP) is 4.21. The van der Waals surface area contributed by atoms with Crippen molar-refractivity contribution in [2.24, 2.45) is 0 Å². The van der Waals surface area contributed by atoms with Gasteiger partial charge in [0, 0.05) is 22.8 Å². The van der Waals surface area contributed by atoms with Gasteiger partial charge in [0.15, 0.2) is 0 Å².